The van der Waals surface area contributed by atoms with Gasteiger partial charge in [-0.1, -0.05) is 6.42 Å². The van der Waals surface area contributed by atoms with E-state index >= 15 is 0 Å². The van der Waals surface area contributed by atoms with Crippen LogP contribution in [-0.4, -0.2) is 17.1 Å². The van der Waals surface area contributed by atoms with Crippen molar-refractivity contribution in [3.8, 4) is 0 Å². The molecule has 0 radical (unpaired) electrons. The maximum Gasteiger partial charge on any atom is 0.126 e. The number of hydrogen-bond acceptors (Lipinski definition) is 2. The highest BCUT2D eigenvalue weighted by molar-refractivity contribution is 5.20. The van der Waals surface area contributed by atoms with Crippen LogP contribution in [0.2, 0.25) is 0 Å². The molecule has 0 spiro atoms. The van der Waals surface area contributed by atoms with E-state index in [4.69, 9.17) is 0 Å². The van der Waals surface area contributed by atoms with Gasteiger partial charge in [-0.05, 0) is 51.3 Å². The van der Waals surface area contributed by atoms with Crippen molar-refractivity contribution in [1.82, 2.24) is 10.4 Å². The summed E-state index contributed by atoms with van der Waals surface area (Å²) in [7, 11) is 0. The van der Waals surface area contributed by atoms with Gasteiger partial charge >= 0.3 is 0 Å². The lowest BCUT2D eigenvalue weighted by Crippen LogP contribution is -2.52. The van der Waals surface area contributed by atoms with Crippen LogP contribution in [0.3, 0.4) is 0 Å². The van der Waals surface area contributed by atoms with Crippen molar-refractivity contribution in [2.75, 3.05) is 0 Å². The SMILES string of the molecule is CC(NN1C(C)CCCC1C)c1cc(F)cc(F)c1. The number of rotatable bonds is 3. The Bertz CT molecular complexity index is 406. The van der Waals surface area contributed by atoms with Gasteiger partial charge in [0.2, 0.25) is 0 Å². The number of hydrogen-bond donors (Lipinski definition) is 1. The first-order valence-corrected chi connectivity index (χ1v) is 6.98. The molecule has 1 saturated heterocycles. The molecule has 0 aliphatic carbocycles. The molecule has 1 N–H and O–H groups in total. The van der Waals surface area contributed by atoms with E-state index < -0.39 is 11.6 Å². The van der Waals surface area contributed by atoms with Gasteiger partial charge in [0, 0.05) is 24.2 Å². The number of piperidine rings is 1. The van der Waals surface area contributed by atoms with E-state index in [1.54, 1.807) is 0 Å². The Morgan fingerprint density at radius 2 is 1.63 bits per heavy atom. The highest BCUT2D eigenvalue weighted by atomic mass is 19.1. The van der Waals surface area contributed by atoms with Gasteiger partial charge in [-0.2, -0.15) is 0 Å². The fourth-order valence-corrected chi connectivity index (χ4v) is 2.80. The highest BCUT2D eigenvalue weighted by Crippen LogP contribution is 2.23. The number of benzene rings is 1. The molecule has 1 aliphatic rings. The molecule has 1 aromatic rings. The summed E-state index contributed by atoms with van der Waals surface area (Å²) < 4.78 is 26.5. The molecule has 1 aliphatic heterocycles. The third kappa shape index (κ3) is 3.51. The van der Waals surface area contributed by atoms with E-state index in [1.165, 1.54) is 18.6 Å². The van der Waals surface area contributed by atoms with E-state index in [0.717, 1.165) is 18.9 Å². The number of halogens is 2. The zero-order chi connectivity index (χ0) is 14.0. The minimum atomic E-state index is -0.525. The van der Waals surface area contributed by atoms with Gasteiger partial charge in [-0.3, -0.25) is 0 Å². The topological polar surface area (TPSA) is 15.3 Å². The average Bonchev–Trinajstić information content (AvgIpc) is 2.32. The minimum absolute atomic E-state index is 0.104. The van der Waals surface area contributed by atoms with Crippen LogP contribution in [0, 0.1) is 11.6 Å². The number of nitrogens with one attached hydrogen (secondary N) is 1. The van der Waals surface area contributed by atoms with Crippen molar-refractivity contribution >= 4 is 0 Å². The van der Waals surface area contributed by atoms with Crippen LogP contribution >= 0.6 is 0 Å². The first kappa shape index (κ1) is 14.4. The van der Waals surface area contributed by atoms with Crippen LogP contribution < -0.4 is 5.43 Å². The highest BCUT2D eigenvalue weighted by Gasteiger charge is 2.26. The minimum Gasteiger partial charge on any atom is -0.247 e. The van der Waals surface area contributed by atoms with Crippen LogP contribution in [0.5, 0.6) is 0 Å². The van der Waals surface area contributed by atoms with Crippen molar-refractivity contribution in [1.29, 1.82) is 0 Å². The van der Waals surface area contributed by atoms with E-state index in [1.807, 2.05) is 6.92 Å². The Labute approximate surface area is 113 Å². The van der Waals surface area contributed by atoms with Crippen LogP contribution in [0.1, 0.15) is 51.6 Å². The predicted octanol–water partition coefficient (Wildman–Crippen LogP) is 3.79. The van der Waals surface area contributed by atoms with E-state index in [-0.39, 0.29) is 6.04 Å². The Morgan fingerprint density at radius 1 is 1.11 bits per heavy atom. The molecule has 2 nitrogen and oxygen atoms in total. The summed E-state index contributed by atoms with van der Waals surface area (Å²) in [5.74, 6) is -1.05. The normalized spacial score (nSPS) is 26.4. The van der Waals surface area contributed by atoms with Crippen LogP contribution in [0.15, 0.2) is 18.2 Å². The van der Waals surface area contributed by atoms with Crippen molar-refractivity contribution in [2.45, 2.75) is 58.2 Å². The van der Waals surface area contributed by atoms with E-state index in [9.17, 15) is 8.78 Å². The zero-order valence-electron chi connectivity index (χ0n) is 11.8. The molecule has 106 valence electrons. The lowest BCUT2D eigenvalue weighted by Gasteiger charge is -2.41. The molecular formula is C15H22F2N2. The zero-order valence-corrected chi connectivity index (χ0v) is 11.8. The Kier molecular flexibility index (Phi) is 4.53. The molecule has 0 saturated carbocycles. The summed E-state index contributed by atoms with van der Waals surface area (Å²) >= 11 is 0. The lowest BCUT2D eigenvalue weighted by molar-refractivity contribution is 0.0319. The molecule has 1 aromatic carbocycles. The van der Waals surface area contributed by atoms with Gasteiger partial charge in [0.1, 0.15) is 11.6 Å². The fourth-order valence-electron chi connectivity index (χ4n) is 2.80. The molecular weight excluding hydrogens is 246 g/mol. The summed E-state index contributed by atoms with van der Waals surface area (Å²) in [6.07, 6.45) is 3.55. The smallest absolute Gasteiger partial charge is 0.126 e. The van der Waals surface area contributed by atoms with Gasteiger partial charge < -0.3 is 0 Å². The summed E-state index contributed by atoms with van der Waals surface area (Å²) in [5, 5.41) is 2.22. The summed E-state index contributed by atoms with van der Waals surface area (Å²) in [6, 6.07) is 4.48. The maximum atomic E-state index is 13.2. The molecule has 2 rings (SSSR count). The standard InChI is InChI=1S/C15H22F2N2/c1-10-5-4-6-11(2)19(10)18-12(3)13-7-14(16)9-15(17)8-13/h7-12,18H,4-6H2,1-3H3. The molecule has 0 aromatic heterocycles. The van der Waals surface area contributed by atoms with Gasteiger partial charge in [-0.25, -0.2) is 19.2 Å². The molecule has 0 amide bonds. The first-order valence-electron chi connectivity index (χ1n) is 6.98. The quantitative estimate of drug-likeness (QED) is 0.897. The van der Waals surface area contributed by atoms with E-state index in [0.29, 0.717) is 17.6 Å². The van der Waals surface area contributed by atoms with Crippen LogP contribution in [0.4, 0.5) is 8.78 Å². The second-order valence-electron chi connectivity index (χ2n) is 5.59. The summed E-state index contributed by atoms with van der Waals surface area (Å²) in [6.45, 7) is 6.30. The third-order valence-corrected chi connectivity index (χ3v) is 3.92. The second kappa shape index (κ2) is 5.97. The monoisotopic (exact) mass is 268 g/mol. The lowest BCUT2D eigenvalue weighted by atomic mass is 9.99. The van der Waals surface area contributed by atoms with Crippen molar-refractivity contribution in [3.63, 3.8) is 0 Å². The Hall–Kier alpha value is -1.00. The molecule has 3 unspecified atom stereocenters. The predicted molar refractivity (Wildman–Crippen MR) is 72.5 cm³/mol. The third-order valence-electron chi connectivity index (χ3n) is 3.92. The fraction of sp³-hybridized carbons (Fsp3) is 0.600. The molecule has 3 atom stereocenters. The largest absolute Gasteiger partial charge is 0.247 e. The van der Waals surface area contributed by atoms with Crippen molar-refractivity contribution in [3.05, 3.63) is 35.4 Å². The molecule has 4 heteroatoms. The van der Waals surface area contributed by atoms with Gasteiger partial charge in [0.25, 0.3) is 0 Å². The summed E-state index contributed by atoms with van der Waals surface area (Å²) in [5.41, 5.74) is 4.03. The van der Waals surface area contributed by atoms with Gasteiger partial charge in [0.15, 0.2) is 0 Å². The van der Waals surface area contributed by atoms with Gasteiger partial charge in [0.05, 0.1) is 0 Å². The number of hydrazine groups is 1. The first-order chi connectivity index (χ1) is 8.97. The molecule has 1 heterocycles. The van der Waals surface area contributed by atoms with E-state index in [2.05, 4.69) is 24.3 Å². The average molecular weight is 268 g/mol. The van der Waals surface area contributed by atoms with Crippen molar-refractivity contribution in [2.24, 2.45) is 0 Å². The van der Waals surface area contributed by atoms with Crippen LogP contribution in [-0.2, 0) is 0 Å². The summed E-state index contributed by atoms with van der Waals surface area (Å²) in [4.78, 5) is 0. The van der Waals surface area contributed by atoms with Crippen molar-refractivity contribution < 1.29 is 8.78 Å². The Morgan fingerprint density at radius 3 is 2.16 bits per heavy atom. The van der Waals surface area contributed by atoms with Gasteiger partial charge in [-0.15, -0.1) is 0 Å². The van der Waals surface area contributed by atoms with Crippen LogP contribution in [0.25, 0.3) is 0 Å². The molecule has 19 heavy (non-hydrogen) atoms. The molecule has 0 bridgehead atoms. The Balaban J connectivity index is 2.09. The second-order valence-corrected chi connectivity index (χ2v) is 5.59. The number of nitrogens with zero attached hydrogens (tertiary/aromatic N) is 1. The maximum absolute atomic E-state index is 13.2. The molecule has 1 fully saturated rings.